The molecule has 3 rings (SSSR count). The summed E-state index contributed by atoms with van der Waals surface area (Å²) >= 11 is 0. The molecule has 172 valence electrons. The highest BCUT2D eigenvalue weighted by molar-refractivity contribution is 5.96. The third-order valence-corrected chi connectivity index (χ3v) is 5.50. The molecule has 1 aliphatic rings. The first-order valence-corrected chi connectivity index (χ1v) is 11.1. The number of nitrogens with zero attached hydrogens (tertiary/aromatic N) is 2. The summed E-state index contributed by atoms with van der Waals surface area (Å²) in [6, 6.07) is 11.0. The normalized spacial score (nSPS) is 16.2. The van der Waals surface area contributed by atoms with Crippen LogP contribution < -0.4 is 15.6 Å². The van der Waals surface area contributed by atoms with Crippen molar-refractivity contribution >= 4 is 11.9 Å². The molecule has 8 nitrogen and oxygen atoms in total. The molecule has 0 saturated carbocycles. The zero-order valence-electron chi connectivity index (χ0n) is 18.9. The lowest BCUT2D eigenvalue weighted by molar-refractivity contribution is -0.147. The van der Waals surface area contributed by atoms with Gasteiger partial charge in [-0.15, -0.1) is 0 Å². The second-order valence-corrected chi connectivity index (χ2v) is 7.93. The number of esters is 1. The van der Waals surface area contributed by atoms with E-state index in [4.69, 9.17) is 9.47 Å². The Balaban J connectivity index is 1.69. The third-order valence-electron chi connectivity index (χ3n) is 5.50. The molecule has 1 aromatic heterocycles. The largest absolute Gasteiger partial charge is 0.487 e. The molecule has 2 heterocycles. The number of amides is 1. The second-order valence-electron chi connectivity index (χ2n) is 7.93. The predicted octanol–water partition coefficient (Wildman–Crippen LogP) is 3.46. The molecule has 2 atom stereocenters. The van der Waals surface area contributed by atoms with Gasteiger partial charge in [0.05, 0.1) is 6.61 Å². The molecular formula is C24H31N3O5. The molecule has 0 bridgehead atoms. The first-order chi connectivity index (χ1) is 15.4. The molecule has 0 spiro atoms. The summed E-state index contributed by atoms with van der Waals surface area (Å²) in [5.74, 6) is -0.504. The van der Waals surface area contributed by atoms with Crippen molar-refractivity contribution in [3.05, 3.63) is 64.1 Å². The minimum Gasteiger partial charge on any atom is -0.487 e. The maximum absolute atomic E-state index is 13.1. The molecule has 2 aromatic rings. The SMILES string of the molecule is CCCCOc1c2n(ccc1=O)NC(CCCC(OC(C)=O)c1ccccc1)N(C)C2=O. The molecule has 0 radical (unpaired) electrons. The lowest BCUT2D eigenvalue weighted by atomic mass is 10.0. The van der Waals surface area contributed by atoms with Crippen LogP contribution in [0.4, 0.5) is 0 Å². The molecular weight excluding hydrogens is 410 g/mol. The zero-order valence-corrected chi connectivity index (χ0v) is 18.9. The summed E-state index contributed by atoms with van der Waals surface area (Å²) in [6.07, 6.45) is 4.69. The van der Waals surface area contributed by atoms with Crippen molar-refractivity contribution in [2.45, 2.75) is 58.2 Å². The molecule has 1 aliphatic heterocycles. The molecule has 1 N–H and O–H groups in total. The van der Waals surface area contributed by atoms with Crippen LogP contribution in [0.25, 0.3) is 0 Å². The quantitative estimate of drug-likeness (QED) is 0.449. The van der Waals surface area contributed by atoms with Gasteiger partial charge in [0.15, 0.2) is 11.4 Å². The van der Waals surface area contributed by atoms with Crippen LogP contribution in [0.5, 0.6) is 5.75 Å². The first-order valence-electron chi connectivity index (χ1n) is 11.1. The summed E-state index contributed by atoms with van der Waals surface area (Å²) in [7, 11) is 1.71. The maximum atomic E-state index is 13.1. The Hall–Kier alpha value is -3.29. The number of nitrogens with one attached hydrogen (secondary N) is 1. The Morgan fingerprint density at radius 2 is 1.91 bits per heavy atom. The van der Waals surface area contributed by atoms with Crippen LogP contribution >= 0.6 is 0 Å². The highest BCUT2D eigenvalue weighted by atomic mass is 16.5. The number of benzene rings is 1. The Morgan fingerprint density at radius 3 is 2.59 bits per heavy atom. The number of aromatic nitrogens is 1. The van der Waals surface area contributed by atoms with Crippen molar-refractivity contribution < 1.29 is 19.1 Å². The van der Waals surface area contributed by atoms with Gasteiger partial charge in [-0.3, -0.25) is 19.1 Å². The lowest BCUT2D eigenvalue weighted by Gasteiger charge is -2.37. The van der Waals surface area contributed by atoms with E-state index < -0.39 is 0 Å². The number of carbonyl (C=O) groups is 2. The van der Waals surface area contributed by atoms with Crippen molar-refractivity contribution in [1.29, 1.82) is 0 Å². The van der Waals surface area contributed by atoms with Crippen LogP contribution in [0.2, 0.25) is 0 Å². The van der Waals surface area contributed by atoms with Crippen LogP contribution in [0, 0.1) is 0 Å². The van der Waals surface area contributed by atoms with Crippen molar-refractivity contribution in [2.75, 3.05) is 19.1 Å². The Labute approximate surface area is 188 Å². The van der Waals surface area contributed by atoms with Gasteiger partial charge in [-0.25, -0.2) is 0 Å². The summed E-state index contributed by atoms with van der Waals surface area (Å²) in [4.78, 5) is 38.5. The molecule has 1 amide bonds. The standard InChI is InChI=1S/C24H31N3O5/c1-4-5-16-31-23-19(29)14-15-27-22(23)24(30)26(3)21(25-27)13-9-12-20(32-17(2)28)18-10-7-6-8-11-18/h6-8,10-11,14-15,20-21,25H,4-5,9,12-13,16H2,1-3H3. The fraction of sp³-hybridized carbons (Fsp3) is 0.458. The van der Waals surface area contributed by atoms with Crippen LogP contribution in [-0.4, -0.2) is 41.3 Å². The monoisotopic (exact) mass is 441 g/mol. The van der Waals surface area contributed by atoms with Gasteiger partial charge in [-0.2, -0.15) is 0 Å². The topological polar surface area (TPSA) is 89.9 Å². The molecule has 0 saturated heterocycles. The molecule has 8 heteroatoms. The summed E-state index contributed by atoms with van der Waals surface area (Å²) in [6.45, 7) is 3.83. The fourth-order valence-corrected chi connectivity index (χ4v) is 3.76. The second kappa shape index (κ2) is 10.8. The zero-order chi connectivity index (χ0) is 23.1. The van der Waals surface area contributed by atoms with Gasteiger partial charge in [-0.05, 0) is 31.2 Å². The van der Waals surface area contributed by atoms with E-state index in [1.54, 1.807) is 22.8 Å². The number of carbonyl (C=O) groups excluding carboxylic acids is 2. The average Bonchev–Trinajstić information content (AvgIpc) is 2.78. The van der Waals surface area contributed by atoms with E-state index in [-0.39, 0.29) is 41.0 Å². The summed E-state index contributed by atoms with van der Waals surface area (Å²) in [5, 5.41) is 0. The van der Waals surface area contributed by atoms with Gasteiger partial charge < -0.3 is 19.8 Å². The molecule has 2 unspecified atom stereocenters. The van der Waals surface area contributed by atoms with Crippen molar-refractivity contribution in [2.24, 2.45) is 0 Å². The van der Waals surface area contributed by atoms with Crippen molar-refractivity contribution in [3.63, 3.8) is 0 Å². The predicted molar refractivity (Wildman–Crippen MR) is 121 cm³/mol. The van der Waals surface area contributed by atoms with Crippen molar-refractivity contribution in [3.8, 4) is 5.75 Å². The van der Waals surface area contributed by atoms with Crippen LogP contribution in [-0.2, 0) is 9.53 Å². The van der Waals surface area contributed by atoms with E-state index in [0.717, 1.165) is 24.8 Å². The van der Waals surface area contributed by atoms with E-state index in [0.29, 0.717) is 19.4 Å². The Morgan fingerprint density at radius 1 is 1.16 bits per heavy atom. The summed E-state index contributed by atoms with van der Waals surface area (Å²) in [5.41, 5.74) is 4.14. The third kappa shape index (κ3) is 5.49. The van der Waals surface area contributed by atoms with Crippen molar-refractivity contribution in [1.82, 2.24) is 9.58 Å². The van der Waals surface area contributed by atoms with Gasteiger partial charge >= 0.3 is 5.97 Å². The molecule has 1 aromatic carbocycles. The lowest BCUT2D eigenvalue weighted by Crippen LogP contribution is -2.52. The van der Waals surface area contributed by atoms with Crippen LogP contribution in [0.15, 0.2) is 47.4 Å². The van der Waals surface area contributed by atoms with E-state index in [2.05, 4.69) is 5.43 Å². The van der Waals surface area contributed by atoms with Gasteiger partial charge in [0.1, 0.15) is 12.3 Å². The Kier molecular flexibility index (Phi) is 7.92. The molecule has 32 heavy (non-hydrogen) atoms. The number of hydrogen-bond donors (Lipinski definition) is 1. The fourth-order valence-electron chi connectivity index (χ4n) is 3.76. The van der Waals surface area contributed by atoms with E-state index >= 15 is 0 Å². The minimum absolute atomic E-state index is 0.0859. The average molecular weight is 442 g/mol. The first kappa shape index (κ1) is 23.4. The number of rotatable bonds is 10. The van der Waals surface area contributed by atoms with Crippen LogP contribution in [0.3, 0.4) is 0 Å². The number of fused-ring (bicyclic) bond motifs is 1. The van der Waals surface area contributed by atoms with E-state index in [9.17, 15) is 14.4 Å². The number of hydrogen-bond acceptors (Lipinski definition) is 6. The smallest absolute Gasteiger partial charge is 0.303 e. The van der Waals surface area contributed by atoms with E-state index in [1.165, 1.54) is 13.0 Å². The van der Waals surface area contributed by atoms with E-state index in [1.807, 2.05) is 37.3 Å². The number of pyridine rings is 1. The van der Waals surface area contributed by atoms with Gasteiger partial charge in [0, 0.05) is 26.2 Å². The number of ether oxygens (including phenoxy) is 2. The molecule has 0 fully saturated rings. The molecule has 0 aliphatic carbocycles. The van der Waals surface area contributed by atoms with Crippen LogP contribution in [0.1, 0.15) is 68.1 Å². The number of unbranched alkanes of at least 4 members (excludes halogenated alkanes) is 1. The maximum Gasteiger partial charge on any atom is 0.303 e. The minimum atomic E-state index is -0.333. The van der Waals surface area contributed by atoms with Gasteiger partial charge in [0.2, 0.25) is 5.43 Å². The van der Waals surface area contributed by atoms with Gasteiger partial charge in [-0.1, -0.05) is 43.7 Å². The summed E-state index contributed by atoms with van der Waals surface area (Å²) < 4.78 is 12.7. The Bertz CT molecular complexity index is 989. The highest BCUT2D eigenvalue weighted by Crippen LogP contribution is 2.26. The van der Waals surface area contributed by atoms with Gasteiger partial charge in [0.25, 0.3) is 5.91 Å². The highest BCUT2D eigenvalue weighted by Gasteiger charge is 2.32.